The van der Waals surface area contributed by atoms with Crippen LogP contribution in [0.5, 0.6) is 0 Å². The molecule has 100 valence electrons. The molecule has 0 radical (unpaired) electrons. The van der Waals surface area contributed by atoms with Gasteiger partial charge in [0.1, 0.15) is 5.82 Å². The fourth-order valence-corrected chi connectivity index (χ4v) is 2.18. The number of halogens is 1. The minimum Gasteiger partial charge on any atom is -0.387 e. The highest BCUT2D eigenvalue weighted by molar-refractivity contribution is 5.47. The van der Waals surface area contributed by atoms with Gasteiger partial charge < -0.3 is 10.0 Å². The molecule has 19 heavy (non-hydrogen) atoms. The van der Waals surface area contributed by atoms with Crippen molar-refractivity contribution in [3.8, 4) is 0 Å². The third kappa shape index (κ3) is 3.12. The molecule has 0 aliphatic heterocycles. The summed E-state index contributed by atoms with van der Waals surface area (Å²) in [7, 11) is 1.78. The first kappa shape index (κ1) is 13.6. The lowest BCUT2D eigenvalue weighted by atomic mass is 10.0. The number of rotatable bonds is 4. The summed E-state index contributed by atoms with van der Waals surface area (Å²) in [6.07, 6.45) is -0.634. The van der Waals surface area contributed by atoms with Crippen LogP contribution in [0.25, 0.3) is 0 Å². The number of anilines is 1. The van der Waals surface area contributed by atoms with E-state index in [4.69, 9.17) is 0 Å². The molecule has 0 heterocycles. The SMILES string of the molecule is Cc1ccccc1C(O)CN(C)c1ccccc1F. The molecule has 1 unspecified atom stereocenters. The smallest absolute Gasteiger partial charge is 0.146 e. The van der Waals surface area contributed by atoms with Crippen LogP contribution >= 0.6 is 0 Å². The topological polar surface area (TPSA) is 23.5 Å². The lowest BCUT2D eigenvalue weighted by molar-refractivity contribution is 0.184. The number of aliphatic hydroxyl groups excluding tert-OH is 1. The van der Waals surface area contributed by atoms with Crippen molar-refractivity contribution in [3.05, 3.63) is 65.5 Å². The summed E-state index contributed by atoms with van der Waals surface area (Å²) >= 11 is 0. The summed E-state index contributed by atoms with van der Waals surface area (Å²) in [4.78, 5) is 1.73. The highest BCUT2D eigenvalue weighted by Crippen LogP contribution is 2.22. The third-order valence-electron chi connectivity index (χ3n) is 3.26. The molecule has 0 aliphatic carbocycles. The number of hydrogen-bond donors (Lipinski definition) is 1. The van der Waals surface area contributed by atoms with Crippen molar-refractivity contribution in [2.75, 3.05) is 18.5 Å². The summed E-state index contributed by atoms with van der Waals surface area (Å²) in [5, 5.41) is 10.3. The summed E-state index contributed by atoms with van der Waals surface area (Å²) < 4.78 is 13.6. The highest BCUT2D eigenvalue weighted by Gasteiger charge is 2.14. The van der Waals surface area contributed by atoms with Crippen LogP contribution in [0.4, 0.5) is 10.1 Å². The molecule has 0 aromatic heterocycles. The molecule has 0 spiro atoms. The molecule has 0 saturated heterocycles. The minimum absolute atomic E-state index is 0.276. The second kappa shape index (κ2) is 5.85. The molecule has 0 amide bonds. The Bertz CT molecular complexity index is 506. The quantitative estimate of drug-likeness (QED) is 0.910. The van der Waals surface area contributed by atoms with Gasteiger partial charge in [-0.3, -0.25) is 0 Å². The van der Waals surface area contributed by atoms with Gasteiger partial charge in [-0.2, -0.15) is 0 Å². The van der Waals surface area contributed by atoms with E-state index in [9.17, 15) is 9.50 Å². The molecular formula is C16H18FNO. The number of hydrogen-bond acceptors (Lipinski definition) is 2. The standard InChI is InChI=1S/C16H18FNO/c1-12-7-3-4-8-13(12)16(19)11-18(2)15-10-6-5-9-14(15)17/h3-10,16,19H,11H2,1-2H3. The molecule has 0 aliphatic rings. The van der Waals surface area contributed by atoms with Crippen LogP contribution in [0.1, 0.15) is 17.2 Å². The summed E-state index contributed by atoms with van der Waals surface area (Å²) in [6.45, 7) is 2.31. The van der Waals surface area contributed by atoms with Crippen LogP contribution in [0.2, 0.25) is 0 Å². The predicted octanol–water partition coefficient (Wildman–Crippen LogP) is 3.30. The fourth-order valence-electron chi connectivity index (χ4n) is 2.18. The van der Waals surface area contributed by atoms with Crippen LogP contribution in [-0.2, 0) is 0 Å². The van der Waals surface area contributed by atoms with Gasteiger partial charge in [0.25, 0.3) is 0 Å². The molecule has 3 heteroatoms. The second-order valence-electron chi connectivity index (χ2n) is 4.70. The first-order valence-corrected chi connectivity index (χ1v) is 6.29. The zero-order chi connectivity index (χ0) is 13.8. The van der Waals surface area contributed by atoms with Crippen molar-refractivity contribution < 1.29 is 9.50 Å². The maximum absolute atomic E-state index is 13.6. The predicted molar refractivity (Wildman–Crippen MR) is 75.8 cm³/mol. The van der Waals surface area contributed by atoms with Gasteiger partial charge >= 0.3 is 0 Å². The second-order valence-corrected chi connectivity index (χ2v) is 4.70. The molecule has 1 N–H and O–H groups in total. The van der Waals surface area contributed by atoms with E-state index in [0.29, 0.717) is 12.2 Å². The van der Waals surface area contributed by atoms with Gasteiger partial charge in [-0.05, 0) is 30.2 Å². The van der Waals surface area contributed by atoms with Crippen molar-refractivity contribution >= 4 is 5.69 Å². The number of aryl methyl sites for hydroxylation is 1. The third-order valence-corrected chi connectivity index (χ3v) is 3.26. The molecular weight excluding hydrogens is 241 g/mol. The Hall–Kier alpha value is -1.87. The molecule has 2 aromatic rings. The van der Waals surface area contributed by atoms with Crippen LogP contribution in [0.15, 0.2) is 48.5 Å². The maximum atomic E-state index is 13.6. The number of likely N-dealkylation sites (N-methyl/N-ethyl adjacent to an activating group) is 1. The molecule has 2 aromatic carbocycles. The van der Waals surface area contributed by atoms with Gasteiger partial charge in [0.15, 0.2) is 0 Å². The minimum atomic E-state index is -0.634. The number of nitrogens with zero attached hydrogens (tertiary/aromatic N) is 1. The Morgan fingerprint density at radius 1 is 1.11 bits per heavy atom. The summed E-state index contributed by atoms with van der Waals surface area (Å²) in [5.41, 5.74) is 2.41. The Kier molecular flexibility index (Phi) is 4.17. The van der Waals surface area contributed by atoms with Gasteiger partial charge in [-0.1, -0.05) is 36.4 Å². The normalized spacial score (nSPS) is 12.2. The van der Waals surface area contributed by atoms with Gasteiger partial charge in [-0.15, -0.1) is 0 Å². The Balaban J connectivity index is 2.13. The van der Waals surface area contributed by atoms with E-state index in [1.54, 1.807) is 30.1 Å². The van der Waals surface area contributed by atoms with Crippen LogP contribution in [0, 0.1) is 12.7 Å². The van der Waals surface area contributed by atoms with Crippen molar-refractivity contribution in [1.82, 2.24) is 0 Å². The lowest BCUT2D eigenvalue weighted by Crippen LogP contribution is -2.25. The highest BCUT2D eigenvalue weighted by atomic mass is 19.1. The Morgan fingerprint density at radius 3 is 2.42 bits per heavy atom. The van der Waals surface area contributed by atoms with Gasteiger partial charge in [0, 0.05) is 13.6 Å². The van der Waals surface area contributed by atoms with Crippen LogP contribution in [0.3, 0.4) is 0 Å². The van der Waals surface area contributed by atoms with E-state index in [1.807, 2.05) is 31.2 Å². The van der Waals surface area contributed by atoms with Crippen molar-refractivity contribution in [3.63, 3.8) is 0 Å². The molecule has 0 saturated carbocycles. The van der Waals surface area contributed by atoms with Gasteiger partial charge in [-0.25, -0.2) is 4.39 Å². The number of benzene rings is 2. The largest absolute Gasteiger partial charge is 0.387 e. The zero-order valence-corrected chi connectivity index (χ0v) is 11.2. The first-order valence-electron chi connectivity index (χ1n) is 6.29. The number of para-hydroxylation sites is 1. The monoisotopic (exact) mass is 259 g/mol. The summed E-state index contributed by atoms with van der Waals surface area (Å²) in [5.74, 6) is -0.276. The molecule has 0 bridgehead atoms. The van der Waals surface area contributed by atoms with E-state index in [-0.39, 0.29) is 5.82 Å². The Labute approximate surface area is 113 Å². The van der Waals surface area contributed by atoms with Crippen molar-refractivity contribution in [2.24, 2.45) is 0 Å². The zero-order valence-electron chi connectivity index (χ0n) is 11.2. The van der Waals surface area contributed by atoms with E-state index in [0.717, 1.165) is 11.1 Å². The van der Waals surface area contributed by atoms with Crippen molar-refractivity contribution in [2.45, 2.75) is 13.0 Å². The van der Waals surface area contributed by atoms with Gasteiger partial charge in [0.2, 0.25) is 0 Å². The van der Waals surface area contributed by atoms with E-state index < -0.39 is 6.10 Å². The molecule has 1 atom stereocenters. The fraction of sp³-hybridized carbons (Fsp3) is 0.250. The van der Waals surface area contributed by atoms with Gasteiger partial charge in [0.05, 0.1) is 11.8 Å². The first-order chi connectivity index (χ1) is 9.09. The molecule has 2 nitrogen and oxygen atoms in total. The summed E-state index contributed by atoms with van der Waals surface area (Å²) in [6, 6.07) is 14.3. The molecule has 2 rings (SSSR count). The number of aliphatic hydroxyl groups is 1. The van der Waals surface area contributed by atoms with E-state index in [1.165, 1.54) is 6.07 Å². The average Bonchev–Trinajstić information content (AvgIpc) is 2.39. The van der Waals surface area contributed by atoms with Crippen molar-refractivity contribution in [1.29, 1.82) is 0 Å². The van der Waals surface area contributed by atoms with Crippen LogP contribution < -0.4 is 4.90 Å². The van der Waals surface area contributed by atoms with E-state index >= 15 is 0 Å². The maximum Gasteiger partial charge on any atom is 0.146 e. The average molecular weight is 259 g/mol. The van der Waals surface area contributed by atoms with Crippen LogP contribution in [-0.4, -0.2) is 18.7 Å². The van der Waals surface area contributed by atoms with E-state index in [2.05, 4.69) is 0 Å². The Morgan fingerprint density at radius 2 is 1.74 bits per heavy atom. The molecule has 0 fully saturated rings. The lowest BCUT2D eigenvalue weighted by Gasteiger charge is -2.24.